The molecule has 2 aliphatic rings. The van der Waals surface area contributed by atoms with Gasteiger partial charge in [0.1, 0.15) is 5.58 Å². The summed E-state index contributed by atoms with van der Waals surface area (Å²) in [7, 11) is 0. The summed E-state index contributed by atoms with van der Waals surface area (Å²) in [6.45, 7) is 11.1. The van der Waals surface area contributed by atoms with Crippen molar-refractivity contribution < 1.29 is 34.4 Å². The first kappa shape index (κ1) is 35.0. The van der Waals surface area contributed by atoms with E-state index in [1.807, 2.05) is 18.3 Å². The van der Waals surface area contributed by atoms with E-state index in [1.165, 1.54) is 53.7 Å². The van der Waals surface area contributed by atoms with Crippen LogP contribution >= 0.6 is 0 Å². The number of nitrogens with zero attached hydrogens (tertiary/aromatic N) is 1. The SMILES string of the molecule is Cc1[c-]c(-c2ncc(C(C)C)c3cc(CC(C)C)ccc23)c2oc3ccccc3c2c1.O=C(/C=C(\O)C1CCCC1)C1CCCC1.[Ir]. The average Bonchev–Trinajstić information content (AvgIpc) is 3.82. The summed E-state index contributed by atoms with van der Waals surface area (Å²) >= 11 is 0. The monoisotopic (exact) mass is 807 g/mol. The number of carbonyl (C=O) groups excluding carboxylic acids is 1. The topological polar surface area (TPSA) is 63.3 Å². The molecule has 0 bridgehead atoms. The van der Waals surface area contributed by atoms with Gasteiger partial charge in [-0.3, -0.25) is 4.79 Å². The van der Waals surface area contributed by atoms with Crippen LogP contribution in [0.15, 0.2) is 71.0 Å². The number of aliphatic hydroxyl groups excluding tert-OH is 1. The third-order valence-electron chi connectivity index (χ3n) is 9.85. The van der Waals surface area contributed by atoms with E-state index >= 15 is 0 Å². The Morgan fingerprint density at radius 3 is 2.28 bits per heavy atom. The molecule has 5 heteroatoms. The molecular formula is C42H48IrNO3-. The summed E-state index contributed by atoms with van der Waals surface area (Å²) < 4.78 is 6.32. The predicted molar refractivity (Wildman–Crippen MR) is 190 cm³/mol. The molecule has 2 aliphatic carbocycles. The van der Waals surface area contributed by atoms with E-state index in [2.05, 4.69) is 77.1 Å². The van der Waals surface area contributed by atoms with Crippen LogP contribution in [0.25, 0.3) is 44.0 Å². The second-order valence-electron chi connectivity index (χ2n) is 14.3. The maximum Gasteiger partial charge on any atom is 0.162 e. The molecule has 3 aromatic carbocycles. The smallest absolute Gasteiger partial charge is 0.162 e. The van der Waals surface area contributed by atoms with Crippen molar-refractivity contribution in [3.8, 4) is 11.3 Å². The Balaban J connectivity index is 0.000000228. The number of aryl methyl sites for hydroxylation is 1. The second kappa shape index (κ2) is 15.3. The number of allylic oxidation sites excluding steroid dienone is 2. The summed E-state index contributed by atoms with van der Waals surface area (Å²) in [6.07, 6.45) is 13.5. The molecule has 0 aliphatic heterocycles. The van der Waals surface area contributed by atoms with Crippen LogP contribution in [0.5, 0.6) is 0 Å². The molecule has 0 spiro atoms. The van der Waals surface area contributed by atoms with Gasteiger partial charge >= 0.3 is 0 Å². The van der Waals surface area contributed by atoms with Gasteiger partial charge in [-0.2, -0.15) is 0 Å². The fourth-order valence-electron chi connectivity index (χ4n) is 7.45. The van der Waals surface area contributed by atoms with Gasteiger partial charge < -0.3 is 14.5 Å². The number of ketones is 1. The van der Waals surface area contributed by atoms with Crippen LogP contribution in [0.4, 0.5) is 0 Å². The Hall–Kier alpha value is -3.27. The Morgan fingerprint density at radius 1 is 0.915 bits per heavy atom. The van der Waals surface area contributed by atoms with Crippen molar-refractivity contribution in [1.29, 1.82) is 0 Å². The summed E-state index contributed by atoms with van der Waals surface area (Å²) in [6, 6.07) is 20.8. The van der Waals surface area contributed by atoms with Gasteiger partial charge in [0.25, 0.3) is 0 Å². The summed E-state index contributed by atoms with van der Waals surface area (Å²) in [4.78, 5) is 16.7. The van der Waals surface area contributed by atoms with Gasteiger partial charge in [0.2, 0.25) is 0 Å². The van der Waals surface area contributed by atoms with Crippen molar-refractivity contribution >= 4 is 38.5 Å². The first-order chi connectivity index (χ1) is 22.2. The van der Waals surface area contributed by atoms with Crippen molar-refractivity contribution in [2.75, 3.05) is 0 Å². The number of furan rings is 1. The van der Waals surface area contributed by atoms with E-state index in [4.69, 9.17) is 9.40 Å². The minimum atomic E-state index is 0. The number of hydrogen-bond donors (Lipinski definition) is 1. The van der Waals surface area contributed by atoms with E-state index < -0.39 is 0 Å². The maximum atomic E-state index is 11.8. The Morgan fingerprint density at radius 2 is 1.60 bits per heavy atom. The molecular weight excluding hydrogens is 759 g/mol. The number of aliphatic hydroxyl groups is 1. The average molecular weight is 807 g/mol. The van der Waals surface area contributed by atoms with Crippen molar-refractivity contribution in [1.82, 2.24) is 4.98 Å². The molecule has 5 aromatic rings. The number of hydrogen-bond acceptors (Lipinski definition) is 4. The largest absolute Gasteiger partial charge is 0.512 e. The zero-order valence-corrected chi connectivity index (χ0v) is 30.9. The number of carbonyl (C=O) groups is 1. The number of fused-ring (bicyclic) bond motifs is 4. The molecule has 7 rings (SSSR count). The maximum absolute atomic E-state index is 11.8. The third-order valence-corrected chi connectivity index (χ3v) is 9.85. The number of rotatable bonds is 7. The number of aromatic nitrogens is 1. The van der Waals surface area contributed by atoms with Crippen LogP contribution < -0.4 is 0 Å². The normalized spacial score (nSPS) is 15.9. The molecule has 2 saturated carbocycles. The molecule has 1 radical (unpaired) electrons. The quantitative estimate of drug-likeness (QED) is 0.101. The van der Waals surface area contributed by atoms with E-state index in [0.717, 1.165) is 70.9 Å². The molecule has 4 nitrogen and oxygen atoms in total. The van der Waals surface area contributed by atoms with Crippen LogP contribution in [-0.2, 0) is 31.3 Å². The molecule has 0 saturated heterocycles. The molecule has 249 valence electrons. The van der Waals surface area contributed by atoms with Gasteiger partial charge in [0, 0.05) is 49.6 Å². The van der Waals surface area contributed by atoms with Gasteiger partial charge in [0.15, 0.2) is 5.78 Å². The van der Waals surface area contributed by atoms with E-state index in [1.54, 1.807) is 0 Å². The van der Waals surface area contributed by atoms with Crippen LogP contribution in [0.2, 0.25) is 0 Å². The first-order valence-electron chi connectivity index (χ1n) is 17.4. The van der Waals surface area contributed by atoms with Crippen LogP contribution in [0.1, 0.15) is 102 Å². The van der Waals surface area contributed by atoms with Crippen molar-refractivity contribution in [3.05, 3.63) is 89.3 Å². The van der Waals surface area contributed by atoms with E-state index in [9.17, 15) is 9.90 Å². The minimum Gasteiger partial charge on any atom is -0.512 e. The Bertz CT molecular complexity index is 1890. The zero-order chi connectivity index (χ0) is 32.4. The number of benzene rings is 3. The fraction of sp³-hybridized carbons (Fsp3) is 0.429. The number of pyridine rings is 1. The summed E-state index contributed by atoms with van der Waals surface area (Å²) in [5.74, 6) is 2.03. The third kappa shape index (κ3) is 7.73. The van der Waals surface area contributed by atoms with Crippen molar-refractivity contribution in [3.63, 3.8) is 0 Å². The summed E-state index contributed by atoms with van der Waals surface area (Å²) in [5.41, 5.74) is 7.42. The molecule has 2 aromatic heterocycles. The molecule has 2 heterocycles. The van der Waals surface area contributed by atoms with Gasteiger partial charge in [0.05, 0.1) is 11.3 Å². The minimum absolute atomic E-state index is 0. The Kier molecular flexibility index (Phi) is 11.4. The van der Waals surface area contributed by atoms with Gasteiger partial charge in [-0.15, -0.1) is 17.7 Å². The zero-order valence-electron chi connectivity index (χ0n) is 28.5. The first-order valence-corrected chi connectivity index (χ1v) is 17.4. The summed E-state index contributed by atoms with van der Waals surface area (Å²) in [5, 5.41) is 14.5. The molecule has 0 amide bonds. The molecule has 47 heavy (non-hydrogen) atoms. The van der Waals surface area contributed by atoms with E-state index in [-0.39, 0.29) is 37.7 Å². The molecule has 1 N–H and O–H groups in total. The van der Waals surface area contributed by atoms with E-state index in [0.29, 0.717) is 17.6 Å². The van der Waals surface area contributed by atoms with Gasteiger partial charge in [-0.25, -0.2) is 0 Å². The fourth-order valence-corrected chi connectivity index (χ4v) is 7.45. The van der Waals surface area contributed by atoms with Gasteiger partial charge in [-0.05, 0) is 77.6 Å². The predicted octanol–water partition coefficient (Wildman–Crippen LogP) is 11.6. The molecule has 0 unspecified atom stereocenters. The second-order valence-corrected chi connectivity index (χ2v) is 14.3. The van der Waals surface area contributed by atoms with Crippen molar-refractivity contribution in [2.24, 2.45) is 17.8 Å². The standard InChI is InChI=1S/C29H28NO.C13H20O2.Ir/c1-17(2)12-20-10-11-22-23(15-20)26(18(3)4)16-30-28(22)25-14-19(5)13-24-21-8-6-7-9-27(21)31-29(24)25;14-12(10-5-1-2-6-10)9-13(15)11-7-3-4-8-11;/h6-11,13,15-18H,12H2,1-5H3;9-11,14H,1-8H2;/q-1;;/b;12-9-;. The molecule has 2 fully saturated rings. The van der Waals surface area contributed by atoms with Gasteiger partial charge in [-0.1, -0.05) is 108 Å². The van der Waals surface area contributed by atoms with Crippen LogP contribution in [0, 0.1) is 30.7 Å². The van der Waals surface area contributed by atoms with Crippen molar-refractivity contribution in [2.45, 2.75) is 98.3 Å². The van der Waals surface area contributed by atoms with Crippen LogP contribution in [-0.4, -0.2) is 15.9 Å². The molecule has 0 atom stereocenters. The Labute approximate surface area is 293 Å². The number of para-hydroxylation sites is 1. The van der Waals surface area contributed by atoms with Crippen LogP contribution in [0.3, 0.4) is 0 Å².